The van der Waals surface area contributed by atoms with Crippen LogP contribution in [-0.4, -0.2) is 21.8 Å². The van der Waals surface area contributed by atoms with Gasteiger partial charge in [-0.25, -0.2) is 4.98 Å². The molecule has 0 spiro atoms. The molecule has 0 aliphatic heterocycles. The first-order chi connectivity index (χ1) is 7.61. The minimum absolute atomic E-state index is 0.350. The SMILES string of the molecule is CNC(C)c1sc(-c2cnn(C)c2)nc1C. The first-order valence-corrected chi connectivity index (χ1v) is 6.07. The summed E-state index contributed by atoms with van der Waals surface area (Å²) in [5.74, 6) is 0. The van der Waals surface area contributed by atoms with Gasteiger partial charge >= 0.3 is 0 Å². The summed E-state index contributed by atoms with van der Waals surface area (Å²) >= 11 is 1.73. The molecule has 5 heteroatoms. The second-order valence-electron chi connectivity index (χ2n) is 3.88. The molecule has 1 unspecified atom stereocenters. The summed E-state index contributed by atoms with van der Waals surface area (Å²) < 4.78 is 1.80. The predicted octanol–water partition coefficient (Wildman–Crippen LogP) is 2.13. The quantitative estimate of drug-likeness (QED) is 0.887. The molecule has 0 radical (unpaired) electrons. The van der Waals surface area contributed by atoms with Crippen molar-refractivity contribution in [1.29, 1.82) is 0 Å². The third-order valence-electron chi connectivity index (χ3n) is 2.61. The van der Waals surface area contributed by atoms with E-state index < -0.39 is 0 Å². The van der Waals surface area contributed by atoms with Gasteiger partial charge in [-0.3, -0.25) is 4.68 Å². The number of aryl methyl sites for hydroxylation is 2. The maximum Gasteiger partial charge on any atom is 0.127 e. The maximum absolute atomic E-state index is 4.59. The Labute approximate surface area is 99.3 Å². The average molecular weight is 236 g/mol. The largest absolute Gasteiger partial charge is 0.312 e. The molecule has 16 heavy (non-hydrogen) atoms. The minimum Gasteiger partial charge on any atom is -0.312 e. The first kappa shape index (κ1) is 11.3. The van der Waals surface area contributed by atoms with Crippen molar-refractivity contribution < 1.29 is 0 Å². The lowest BCUT2D eigenvalue weighted by Gasteiger charge is -2.06. The van der Waals surface area contributed by atoms with Gasteiger partial charge in [0.25, 0.3) is 0 Å². The molecule has 0 aliphatic carbocycles. The second-order valence-corrected chi connectivity index (χ2v) is 4.91. The van der Waals surface area contributed by atoms with Crippen LogP contribution in [0.5, 0.6) is 0 Å². The lowest BCUT2D eigenvalue weighted by Crippen LogP contribution is -2.11. The van der Waals surface area contributed by atoms with Crippen molar-refractivity contribution >= 4 is 11.3 Å². The molecule has 86 valence electrons. The van der Waals surface area contributed by atoms with E-state index in [0.29, 0.717) is 6.04 Å². The van der Waals surface area contributed by atoms with Crippen LogP contribution in [0.15, 0.2) is 12.4 Å². The summed E-state index contributed by atoms with van der Waals surface area (Å²) in [7, 11) is 3.88. The van der Waals surface area contributed by atoms with Crippen LogP contribution in [0.1, 0.15) is 23.5 Å². The number of rotatable bonds is 3. The van der Waals surface area contributed by atoms with E-state index in [0.717, 1.165) is 16.3 Å². The van der Waals surface area contributed by atoms with E-state index in [4.69, 9.17) is 0 Å². The molecule has 2 heterocycles. The molecule has 0 aliphatic rings. The molecule has 1 atom stereocenters. The van der Waals surface area contributed by atoms with Gasteiger partial charge in [0.1, 0.15) is 5.01 Å². The molecule has 0 aromatic carbocycles. The monoisotopic (exact) mass is 236 g/mol. The summed E-state index contributed by atoms with van der Waals surface area (Å²) in [5.41, 5.74) is 2.19. The number of nitrogens with zero attached hydrogens (tertiary/aromatic N) is 3. The Bertz CT molecular complexity index is 486. The van der Waals surface area contributed by atoms with E-state index in [2.05, 4.69) is 29.2 Å². The molecule has 2 aromatic rings. The Kier molecular flexibility index (Phi) is 3.07. The van der Waals surface area contributed by atoms with Crippen LogP contribution >= 0.6 is 11.3 Å². The van der Waals surface area contributed by atoms with Gasteiger partial charge in [0, 0.05) is 29.7 Å². The van der Waals surface area contributed by atoms with Crippen LogP contribution in [0.4, 0.5) is 0 Å². The van der Waals surface area contributed by atoms with Crippen molar-refractivity contribution in [2.45, 2.75) is 19.9 Å². The van der Waals surface area contributed by atoms with Crippen LogP contribution in [0.3, 0.4) is 0 Å². The van der Waals surface area contributed by atoms with E-state index in [9.17, 15) is 0 Å². The van der Waals surface area contributed by atoms with Crippen molar-refractivity contribution in [1.82, 2.24) is 20.1 Å². The van der Waals surface area contributed by atoms with Crippen molar-refractivity contribution in [3.8, 4) is 10.6 Å². The van der Waals surface area contributed by atoms with Crippen LogP contribution in [0.2, 0.25) is 0 Å². The van der Waals surface area contributed by atoms with Crippen molar-refractivity contribution in [2.24, 2.45) is 7.05 Å². The number of hydrogen-bond donors (Lipinski definition) is 1. The zero-order valence-electron chi connectivity index (χ0n) is 9.98. The Balaban J connectivity index is 2.37. The fraction of sp³-hybridized carbons (Fsp3) is 0.455. The molecule has 0 bridgehead atoms. The van der Waals surface area contributed by atoms with Crippen LogP contribution in [0, 0.1) is 6.92 Å². The number of thiazole rings is 1. The third kappa shape index (κ3) is 2.01. The average Bonchev–Trinajstić information content (AvgIpc) is 2.83. The highest BCUT2D eigenvalue weighted by molar-refractivity contribution is 7.15. The second kappa shape index (κ2) is 4.35. The molecule has 0 amide bonds. The summed E-state index contributed by atoms with van der Waals surface area (Å²) in [6.07, 6.45) is 3.85. The van der Waals surface area contributed by atoms with Gasteiger partial charge in [-0.15, -0.1) is 11.3 Å². The summed E-state index contributed by atoms with van der Waals surface area (Å²) in [5, 5.41) is 8.45. The molecule has 0 saturated heterocycles. The van der Waals surface area contributed by atoms with Gasteiger partial charge in [-0.2, -0.15) is 5.10 Å². The molecule has 2 aromatic heterocycles. The van der Waals surface area contributed by atoms with Crippen LogP contribution < -0.4 is 5.32 Å². The number of nitrogens with one attached hydrogen (secondary N) is 1. The highest BCUT2D eigenvalue weighted by atomic mass is 32.1. The molecule has 1 N–H and O–H groups in total. The zero-order valence-corrected chi connectivity index (χ0v) is 10.8. The Morgan fingerprint density at radius 1 is 1.50 bits per heavy atom. The topological polar surface area (TPSA) is 42.7 Å². The number of hydrogen-bond acceptors (Lipinski definition) is 4. The lowest BCUT2D eigenvalue weighted by molar-refractivity contribution is 0.658. The van der Waals surface area contributed by atoms with Gasteiger partial charge in [-0.1, -0.05) is 0 Å². The maximum atomic E-state index is 4.59. The third-order valence-corrected chi connectivity index (χ3v) is 4.00. The van der Waals surface area contributed by atoms with Gasteiger partial charge in [0.15, 0.2) is 0 Å². The molecule has 0 fully saturated rings. The smallest absolute Gasteiger partial charge is 0.127 e. The van der Waals surface area contributed by atoms with Crippen molar-refractivity contribution in [2.75, 3.05) is 7.05 Å². The molecular formula is C11H16N4S. The Hall–Kier alpha value is -1.20. The van der Waals surface area contributed by atoms with Gasteiger partial charge in [0.2, 0.25) is 0 Å². The molecule has 0 saturated carbocycles. The molecular weight excluding hydrogens is 220 g/mol. The van der Waals surface area contributed by atoms with Gasteiger partial charge in [0.05, 0.1) is 11.9 Å². The number of aromatic nitrogens is 3. The lowest BCUT2D eigenvalue weighted by atomic mass is 10.2. The zero-order chi connectivity index (χ0) is 11.7. The summed E-state index contributed by atoms with van der Waals surface area (Å²) in [6, 6.07) is 0.350. The minimum atomic E-state index is 0.350. The Morgan fingerprint density at radius 3 is 2.81 bits per heavy atom. The van der Waals surface area contributed by atoms with E-state index >= 15 is 0 Å². The van der Waals surface area contributed by atoms with Gasteiger partial charge in [-0.05, 0) is 20.9 Å². The standard InChI is InChI=1S/C11H16N4S/c1-7(12-3)10-8(2)14-11(16-10)9-5-13-15(4)6-9/h5-7,12H,1-4H3. The van der Waals surface area contributed by atoms with Crippen molar-refractivity contribution in [3.63, 3.8) is 0 Å². The predicted molar refractivity (Wildman–Crippen MR) is 66.5 cm³/mol. The fourth-order valence-electron chi connectivity index (χ4n) is 1.60. The molecule has 2 rings (SSSR count). The van der Waals surface area contributed by atoms with Gasteiger partial charge < -0.3 is 5.32 Å². The van der Waals surface area contributed by atoms with E-state index in [1.54, 1.807) is 16.0 Å². The summed E-state index contributed by atoms with van der Waals surface area (Å²) in [6.45, 7) is 4.20. The van der Waals surface area contributed by atoms with E-state index in [-0.39, 0.29) is 0 Å². The molecule has 4 nitrogen and oxygen atoms in total. The normalized spacial score (nSPS) is 13.0. The highest BCUT2D eigenvalue weighted by Gasteiger charge is 2.14. The van der Waals surface area contributed by atoms with Crippen molar-refractivity contribution in [3.05, 3.63) is 23.0 Å². The first-order valence-electron chi connectivity index (χ1n) is 5.25. The summed E-state index contributed by atoms with van der Waals surface area (Å²) in [4.78, 5) is 5.88. The fourth-order valence-corrected chi connectivity index (χ4v) is 2.70. The van der Waals surface area contributed by atoms with Crippen LogP contribution in [0.25, 0.3) is 10.6 Å². The van der Waals surface area contributed by atoms with Crippen LogP contribution in [-0.2, 0) is 7.05 Å². The highest BCUT2D eigenvalue weighted by Crippen LogP contribution is 2.31. The van der Waals surface area contributed by atoms with E-state index in [1.165, 1.54) is 4.88 Å². The van der Waals surface area contributed by atoms with E-state index in [1.807, 2.05) is 26.5 Å². The Morgan fingerprint density at radius 2 is 2.25 bits per heavy atom.